The number of H-pyrrole nitrogens is 1. The topological polar surface area (TPSA) is 78.0 Å². The summed E-state index contributed by atoms with van der Waals surface area (Å²) < 4.78 is 0. The van der Waals surface area contributed by atoms with Crippen molar-refractivity contribution in [1.29, 1.82) is 0 Å². The first-order chi connectivity index (χ1) is 17.3. The van der Waals surface area contributed by atoms with Gasteiger partial charge >= 0.3 is 5.97 Å². The van der Waals surface area contributed by atoms with Crippen LogP contribution in [0.25, 0.3) is 22.2 Å². The lowest BCUT2D eigenvalue weighted by molar-refractivity contribution is -0.142. The summed E-state index contributed by atoms with van der Waals surface area (Å²) in [5.41, 5.74) is 8.20. The normalized spacial score (nSPS) is 11.8. The van der Waals surface area contributed by atoms with E-state index in [-0.39, 0.29) is 0 Å². The van der Waals surface area contributed by atoms with Gasteiger partial charge in [-0.2, -0.15) is 0 Å². The van der Waals surface area contributed by atoms with Gasteiger partial charge in [0.05, 0.1) is 5.41 Å². The van der Waals surface area contributed by atoms with Crippen LogP contribution >= 0.6 is 0 Å². The van der Waals surface area contributed by atoms with Crippen LogP contribution < -0.4 is 5.32 Å². The molecule has 0 amide bonds. The predicted molar refractivity (Wildman–Crippen MR) is 148 cm³/mol. The molecular weight excluding hydrogens is 446 g/mol. The van der Waals surface area contributed by atoms with Crippen LogP contribution in [-0.4, -0.2) is 34.1 Å². The van der Waals surface area contributed by atoms with Gasteiger partial charge in [0.1, 0.15) is 0 Å². The minimum atomic E-state index is -0.949. The van der Waals surface area contributed by atoms with Crippen LogP contribution in [0.5, 0.6) is 0 Å². The van der Waals surface area contributed by atoms with Crippen molar-refractivity contribution < 1.29 is 9.90 Å². The highest BCUT2D eigenvalue weighted by atomic mass is 16.4. The zero-order valence-corrected chi connectivity index (χ0v) is 21.8. The Morgan fingerprint density at radius 3 is 2.47 bits per heavy atom. The standard InChI is InChI=1S/C31H37N3O2/c1-21-16-22(2)18-24(17-21)29-26(12-15-32-13-6-5-8-23-9-7-14-33-20-23)27-19-25(10-11-28(27)34-29)31(3,4)30(35)36/h7,9-11,14,16-20,32,34H,5-6,8,12-13,15H2,1-4H3,(H,35,36). The molecular formula is C31H37N3O2. The molecule has 2 aromatic heterocycles. The number of rotatable bonds is 11. The van der Waals surface area contributed by atoms with Gasteiger partial charge in [-0.15, -0.1) is 0 Å². The van der Waals surface area contributed by atoms with E-state index in [9.17, 15) is 9.90 Å². The summed E-state index contributed by atoms with van der Waals surface area (Å²) in [6.07, 6.45) is 7.92. The Balaban J connectivity index is 1.53. The summed E-state index contributed by atoms with van der Waals surface area (Å²) in [5, 5.41) is 14.5. The predicted octanol–water partition coefficient (Wildman–Crippen LogP) is 6.36. The number of nitrogens with zero attached hydrogens (tertiary/aromatic N) is 1. The second-order valence-electron chi connectivity index (χ2n) is 10.4. The maximum atomic E-state index is 11.9. The van der Waals surface area contributed by atoms with Crippen molar-refractivity contribution in [2.75, 3.05) is 13.1 Å². The van der Waals surface area contributed by atoms with Gasteiger partial charge in [0, 0.05) is 29.0 Å². The zero-order chi connectivity index (χ0) is 25.7. The molecule has 0 saturated carbocycles. The van der Waals surface area contributed by atoms with Crippen molar-refractivity contribution in [3.63, 3.8) is 0 Å². The fourth-order valence-corrected chi connectivity index (χ4v) is 4.85. The van der Waals surface area contributed by atoms with Crippen LogP contribution in [0, 0.1) is 13.8 Å². The van der Waals surface area contributed by atoms with E-state index in [1.807, 2.05) is 30.6 Å². The summed E-state index contributed by atoms with van der Waals surface area (Å²) in [7, 11) is 0. The molecule has 188 valence electrons. The minimum absolute atomic E-state index is 0.818. The van der Waals surface area contributed by atoms with Crippen molar-refractivity contribution in [2.45, 2.75) is 58.8 Å². The number of carboxylic acid groups (broad SMARTS) is 1. The van der Waals surface area contributed by atoms with Crippen LogP contribution in [-0.2, 0) is 23.1 Å². The highest BCUT2D eigenvalue weighted by molar-refractivity contribution is 5.93. The number of aromatic nitrogens is 2. The first-order valence-electron chi connectivity index (χ1n) is 12.8. The third kappa shape index (κ3) is 5.85. The molecule has 36 heavy (non-hydrogen) atoms. The Labute approximate surface area is 214 Å². The maximum absolute atomic E-state index is 11.9. The molecule has 2 aromatic carbocycles. The van der Waals surface area contributed by atoms with E-state index in [0.717, 1.165) is 60.9 Å². The molecule has 0 radical (unpaired) electrons. The van der Waals surface area contributed by atoms with Crippen molar-refractivity contribution in [3.05, 3.63) is 88.7 Å². The summed E-state index contributed by atoms with van der Waals surface area (Å²) >= 11 is 0. The number of fused-ring (bicyclic) bond motifs is 1. The molecule has 0 aliphatic heterocycles. The van der Waals surface area contributed by atoms with Crippen molar-refractivity contribution >= 4 is 16.9 Å². The lowest BCUT2D eigenvalue weighted by Crippen LogP contribution is -2.28. The third-order valence-corrected chi connectivity index (χ3v) is 7.02. The molecule has 0 atom stereocenters. The monoisotopic (exact) mass is 483 g/mol. The smallest absolute Gasteiger partial charge is 0.313 e. The number of aryl methyl sites for hydroxylation is 3. The molecule has 5 heteroatoms. The summed E-state index contributed by atoms with van der Waals surface area (Å²) in [5.74, 6) is -0.818. The van der Waals surface area contributed by atoms with Crippen molar-refractivity contribution in [2.24, 2.45) is 0 Å². The van der Waals surface area contributed by atoms with E-state index in [0.29, 0.717) is 0 Å². The molecule has 0 aliphatic rings. The lowest BCUT2D eigenvalue weighted by Gasteiger charge is -2.20. The summed E-state index contributed by atoms with van der Waals surface area (Å²) in [6, 6.07) is 16.8. The summed E-state index contributed by atoms with van der Waals surface area (Å²) in [4.78, 5) is 19.7. The van der Waals surface area contributed by atoms with Crippen molar-refractivity contribution in [1.82, 2.24) is 15.3 Å². The molecule has 0 unspecified atom stereocenters. The Kier molecular flexibility index (Phi) is 7.90. The molecule has 0 aliphatic carbocycles. The van der Waals surface area contributed by atoms with Gasteiger partial charge in [0.2, 0.25) is 0 Å². The van der Waals surface area contributed by atoms with Gasteiger partial charge in [-0.25, -0.2) is 0 Å². The number of benzene rings is 2. The molecule has 0 bridgehead atoms. The van der Waals surface area contributed by atoms with Gasteiger partial charge in [0.15, 0.2) is 0 Å². The SMILES string of the molecule is Cc1cc(C)cc(-c2[nH]c3ccc(C(C)(C)C(=O)O)cc3c2CCNCCCCc2cccnc2)c1. The van der Waals surface area contributed by atoms with Gasteiger partial charge in [-0.05, 0) is 119 Å². The molecule has 5 nitrogen and oxygen atoms in total. The fraction of sp³-hybridized carbons (Fsp3) is 0.355. The molecule has 3 N–H and O–H groups in total. The van der Waals surface area contributed by atoms with E-state index in [1.165, 1.54) is 27.8 Å². The second-order valence-corrected chi connectivity index (χ2v) is 10.4. The number of hydrogen-bond acceptors (Lipinski definition) is 3. The average molecular weight is 484 g/mol. The Bertz CT molecular complexity index is 1320. The van der Waals surface area contributed by atoms with Gasteiger partial charge < -0.3 is 15.4 Å². The highest BCUT2D eigenvalue weighted by Crippen LogP contribution is 2.35. The minimum Gasteiger partial charge on any atom is -0.481 e. The third-order valence-electron chi connectivity index (χ3n) is 7.02. The maximum Gasteiger partial charge on any atom is 0.313 e. The number of nitrogens with one attached hydrogen (secondary N) is 2. The summed E-state index contributed by atoms with van der Waals surface area (Å²) in [6.45, 7) is 9.61. The van der Waals surface area contributed by atoms with Crippen molar-refractivity contribution in [3.8, 4) is 11.3 Å². The molecule has 0 fully saturated rings. The number of carbonyl (C=O) groups is 1. The number of unbranched alkanes of at least 4 members (excludes halogenated alkanes) is 1. The number of hydrogen-bond donors (Lipinski definition) is 3. The van der Waals surface area contributed by atoms with E-state index in [1.54, 1.807) is 13.8 Å². The Hall–Kier alpha value is -3.44. The zero-order valence-electron chi connectivity index (χ0n) is 21.8. The molecule has 4 rings (SSSR count). The first kappa shape index (κ1) is 25.6. The van der Waals surface area contributed by atoms with E-state index < -0.39 is 11.4 Å². The van der Waals surface area contributed by atoms with Gasteiger partial charge in [-0.3, -0.25) is 9.78 Å². The van der Waals surface area contributed by atoms with Gasteiger partial charge in [0.25, 0.3) is 0 Å². The average Bonchev–Trinajstić information content (AvgIpc) is 3.21. The number of pyridine rings is 1. The van der Waals surface area contributed by atoms with Crippen LogP contribution in [0.1, 0.15) is 54.5 Å². The van der Waals surface area contributed by atoms with Crippen LogP contribution in [0.4, 0.5) is 0 Å². The first-order valence-corrected chi connectivity index (χ1v) is 12.8. The lowest BCUT2D eigenvalue weighted by atomic mass is 9.84. The quantitative estimate of drug-likeness (QED) is 0.217. The van der Waals surface area contributed by atoms with E-state index >= 15 is 0 Å². The number of aliphatic carboxylic acids is 1. The Morgan fingerprint density at radius 1 is 1.00 bits per heavy atom. The number of carboxylic acids is 1. The van der Waals surface area contributed by atoms with E-state index in [4.69, 9.17) is 0 Å². The molecule has 0 spiro atoms. The van der Waals surface area contributed by atoms with Gasteiger partial charge in [-0.1, -0.05) is 29.3 Å². The molecule has 2 heterocycles. The van der Waals surface area contributed by atoms with Crippen LogP contribution in [0.2, 0.25) is 0 Å². The largest absolute Gasteiger partial charge is 0.481 e. The number of aromatic amines is 1. The molecule has 0 saturated heterocycles. The van der Waals surface area contributed by atoms with Crippen LogP contribution in [0.3, 0.4) is 0 Å². The highest BCUT2D eigenvalue weighted by Gasteiger charge is 2.30. The fourth-order valence-electron chi connectivity index (χ4n) is 4.85. The second kappa shape index (κ2) is 11.1. The van der Waals surface area contributed by atoms with Crippen LogP contribution in [0.15, 0.2) is 60.9 Å². The molecule has 4 aromatic rings. The Morgan fingerprint density at radius 2 is 1.78 bits per heavy atom. The van der Waals surface area contributed by atoms with E-state index in [2.05, 4.69) is 59.5 Å².